The topological polar surface area (TPSA) is 69.0 Å². The molecule has 1 amide bonds. The molecule has 3 aromatic rings. The van der Waals surface area contributed by atoms with E-state index in [0.717, 1.165) is 15.2 Å². The highest BCUT2D eigenvalue weighted by atomic mass is 35.5. The zero-order chi connectivity index (χ0) is 18.7. The number of thiazole rings is 1. The molecule has 1 heterocycles. The number of carbonyl (C=O) groups excluding carboxylic acids is 1. The Kier molecular flexibility index (Phi) is 5.52. The van der Waals surface area contributed by atoms with E-state index in [9.17, 15) is 4.79 Å². The van der Waals surface area contributed by atoms with Crippen LogP contribution in [0.2, 0.25) is 5.02 Å². The van der Waals surface area contributed by atoms with Gasteiger partial charge in [0.05, 0.1) is 33.4 Å². The minimum absolute atomic E-state index is 0.0164. The lowest BCUT2D eigenvalue weighted by Crippen LogP contribution is -2.32. The molecule has 1 aromatic heterocycles. The number of hydrogen-bond donors (Lipinski definition) is 1. The first kappa shape index (κ1) is 18.3. The van der Waals surface area contributed by atoms with Gasteiger partial charge in [0, 0.05) is 5.69 Å². The van der Waals surface area contributed by atoms with Crippen LogP contribution in [0.3, 0.4) is 0 Å². The van der Waals surface area contributed by atoms with Crippen LogP contribution in [0.25, 0.3) is 10.2 Å². The van der Waals surface area contributed by atoms with Crippen molar-refractivity contribution >= 4 is 44.7 Å². The second kappa shape index (κ2) is 7.83. The molecule has 3 rings (SSSR count). The SMILES string of the molecule is C[C@H](c1nc2ccccc2s1)N(C)CC(=O)Nc1ccc(C#N)c(Cl)c1. The van der Waals surface area contributed by atoms with E-state index in [1.807, 2.05) is 49.2 Å². The zero-order valence-corrected chi connectivity index (χ0v) is 15.9. The summed E-state index contributed by atoms with van der Waals surface area (Å²) in [7, 11) is 1.89. The number of nitrogens with one attached hydrogen (secondary N) is 1. The smallest absolute Gasteiger partial charge is 0.238 e. The van der Waals surface area contributed by atoms with E-state index in [2.05, 4.69) is 10.3 Å². The van der Waals surface area contributed by atoms with Gasteiger partial charge >= 0.3 is 0 Å². The maximum Gasteiger partial charge on any atom is 0.238 e. The minimum atomic E-state index is -0.152. The molecule has 0 aliphatic carbocycles. The predicted octanol–water partition coefficient (Wildman–Crippen LogP) is 4.45. The second-order valence-electron chi connectivity index (χ2n) is 5.97. The number of carbonyl (C=O) groups is 1. The van der Waals surface area contributed by atoms with Gasteiger partial charge in [0.2, 0.25) is 5.91 Å². The normalized spacial score (nSPS) is 12.1. The Balaban J connectivity index is 1.64. The molecule has 2 aromatic carbocycles. The molecular weight excluding hydrogens is 368 g/mol. The first-order chi connectivity index (χ1) is 12.5. The summed E-state index contributed by atoms with van der Waals surface area (Å²) in [6.45, 7) is 2.25. The van der Waals surface area contributed by atoms with Gasteiger partial charge in [-0.3, -0.25) is 9.69 Å². The Morgan fingerprint density at radius 1 is 1.38 bits per heavy atom. The van der Waals surface area contributed by atoms with Gasteiger partial charge in [-0.1, -0.05) is 23.7 Å². The van der Waals surface area contributed by atoms with E-state index in [-0.39, 0.29) is 18.5 Å². The van der Waals surface area contributed by atoms with Crippen molar-refractivity contribution in [3.05, 3.63) is 58.1 Å². The van der Waals surface area contributed by atoms with Crippen LogP contribution in [0.4, 0.5) is 5.69 Å². The molecule has 5 nitrogen and oxygen atoms in total. The van der Waals surface area contributed by atoms with Gasteiger partial charge in [-0.2, -0.15) is 5.26 Å². The quantitative estimate of drug-likeness (QED) is 0.705. The number of amides is 1. The molecule has 0 saturated carbocycles. The van der Waals surface area contributed by atoms with Crippen molar-refractivity contribution in [2.45, 2.75) is 13.0 Å². The fraction of sp³-hybridized carbons (Fsp3) is 0.211. The molecule has 0 bridgehead atoms. The third-order valence-electron chi connectivity index (χ3n) is 4.10. The van der Waals surface area contributed by atoms with Crippen LogP contribution in [0.1, 0.15) is 23.5 Å². The maximum atomic E-state index is 12.3. The number of nitrogens with zero attached hydrogens (tertiary/aromatic N) is 3. The highest BCUT2D eigenvalue weighted by Gasteiger charge is 2.18. The number of anilines is 1. The minimum Gasteiger partial charge on any atom is -0.325 e. The van der Waals surface area contributed by atoms with Crippen LogP contribution >= 0.6 is 22.9 Å². The summed E-state index contributed by atoms with van der Waals surface area (Å²) in [5, 5.41) is 13.0. The van der Waals surface area contributed by atoms with Crippen LogP contribution in [0.15, 0.2) is 42.5 Å². The highest BCUT2D eigenvalue weighted by Crippen LogP contribution is 2.28. The van der Waals surface area contributed by atoms with Crippen molar-refractivity contribution < 1.29 is 4.79 Å². The van der Waals surface area contributed by atoms with E-state index in [1.54, 1.807) is 29.5 Å². The van der Waals surface area contributed by atoms with Gasteiger partial charge in [-0.05, 0) is 44.3 Å². The summed E-state index contributed by atoms with van der Waals surface area (Å²) >= 11 is 7.64. The average molecular weight is 385 g/mol. The molecule has 0 unspecified atom stereocenters. The molecule has 0 aliphatic rings. The van der Waals surface area contributed by atoms with E-state index >= 15 is 0 Å². The number of hydrogen-bond acceptors (Lipinski definition) is 5. The van der Waals surface area contributed by atoms with Gasteiger partial charge in [-0.25, -0.2) is 4.98 Å². The Morgan fingerprint density at radius 2 is 2.15 bits per heavy atom. The summed E-state index contributed by atoms with van der Waals surface area (Å²) < 4.78 is 1.14. The molecule has 0 aliphatic heterocycles. The van der Waals surface area contributed by atoms with Crippen LogP contribution in [0.5, 0.6) is 0 Å². The van der Waals surface area contributed by atoms with Crippen molar-refractivity contribution in [2.75, 3.05) is 18.9 Å². The van der Waals surface area contributed by atoms with Gasteiger partial charge in [0.15, 0.2) is 0 Å². The Morgan fingerprint density at radius 3 is 2.85 bits per heavy atom. The molecule has 1 atom stereocenters. The summed E-state index contributed by atoms with van der Waals surface area (Å²) in [5.74, 6) is -0.152. The van der Waals surface area contributed by atoms with E-state index in [4.69, 9.17) is 16.9 Å². The lowest BCUT2D eigenvalue weighted by molar-refractivity contribution is -0.117. The van der Waals surface area contributed by atoms with Crippen LogP contribution in [0, 0.1) is 11.3 Å². The first-order valence-corrected chi connectivity index (χ1v) is 9.22. The lowest BCUT2D eigenvalue weighted by atomic mass is 10.2. The molecule has 132 valence electrons. The summed E-state index contributed by atoms with van der Waals surface area (Å²) in [6, 6.07) is 14.8. The maximum absolute atomic E-state index is 12.3. The molecule has 1 N–H and O–H groups in total. The van der Waals surface area contributed by atoms with Crippen LogP contribution in [-0.4, -0.2) is 29.4 Å². The van der Waals surface area contributed by atoms with E-state index < -0.39 is 0 Å². The molecule has 0 radical (unpaired) electrons. The van der Waals surface area contributed by atoms with Crippen molar-refractivity contribution in [3.63, 3.8) is 0 Å². The van der Waals surface area contributed by atoms with Crippen LogP contribution < -0.4 is 5.32 Å². The van der Waals surface area contributed by atoms with Crippen molar-refractivity contribution in [1.29, 1.82) is 5.26 Å². The Labute approximate surface area is 160 Å². The number of benzene rings is 2. The standard InChI is InChI=1S/C19H17ClN4OS/c1-12(19-23-16-5-3-4-6-17(16)26-19)24(2)11-18(25)22-14-8-7-13(10-21)15(20)9-14/h3-9,12H,11H2,1-2H3,(H,22,25)/t12-/m1/s1. The average Bonchev–Trinajstić information content (AvgIpc) is 3.05. The number of para-hydroxylation sites is 1. The number of nitriles is 1. The van der Waals surface area contributed by atoms with Crippen molar-refractivity contribution in [1.82, 2.24) is 9.88 Å². The first-order valence-electron chi connectivity index (χ1n) is 8.03. The third kappa shape index (κ3) is 4.02. The van der Waals surface area contributed by atoms with Crippen LogP contribution in [-0.2, 0) is 4.79 Å². The number of halogens is 1. The van der Waals surface area contributed by atoms with Gasteiger partial charge < -0.3 is 5.32 Å². The highest BCUT2D eigenvalue weighted by molar-refractivity contribution is 7.18. The Hall–Kier alpha value is -2.46. The van der Waals surface area contributed by atoms with Gasteiger partial charge in [0.25, 0.3) is 0 Å². The zero-order valence-electron chi connectivity index (χ0n) is 14.4. The summed E-state index contributed by atoms with van der Waals surface area (Å²) in [6.07, 6.45) is 0. The summed E-state index contributed by atoms with van der Waals surface area (Å²) in [4.78, 5) is 18.9. The number of fused-ring (bicyclic) bond motifs is 1. The molecular formula is C19H17ClN4OS. The summed E-state index contributed by atoms with van der Waals surface area (Å²) in [5.41, 5.74) is 1.93. The van der Waals surface area contributed by atoms with Gasteiger partial charge in [0.1, 0.15) is 11.1 Å². The molecule has 26 heavy (non-hydrogen) atoms. The molecule has 0 saturated heterocycles. The fourth-order valence-electron chi connectivity index (χ4n) is 2.50. The number of likely N-dealkylation sites (N-methyl/N-ethyl adjacent to an activating group) is 1. The third-order valence-corrected chi connectivity index (χ3v) is 5.61. The van der Waals surface area contributed by atoms with Crippen molar-refractivity contribution in [2.24, 2.45) is 0 Å². The molecule has 7 heteroatoms. The Bertz CT molecular complexity index is 962. The van der Waals surface area contributed by atoms with Crippen molar-refractivity contribution in [3.8, 4) is 6.07 Å². The molecule has 0 spiro atoms. The number of rotatable bonds is 5. The predicted molar refractivity (Wildman–Crippen MR) is 105 cm³/mol. The van der Waals surface area contributed by atoms with E-state index in [1.165, 1.54) is 0 Å². The monoisotopic (exact) mass is 384 g/mol. The lowest BCUT2D eigenvalue weighted by Gasteiger charge is -2.22. The molecule has 0 fully saturated rings. The second-order valence-corrected chi connectivity index (χ2v) is 7.43. The van der Waals surface area contributed by atoms with E-state index in [0.29, 0.717) is 16.3 Å². The van der Waals surface area contributed by atoms with Gasteiger partial charge in [-0.15, -0.1) is 11.3 Å². The largest absolute Gasteiger partial charge is 0.325 e. The number of aromatic nitrogens is 1. The fourth-order valence-corrected chi connectivity index (χ4v) is 3.81.